The van der Waals surface area contributed by atoms with Gasteiger partial charge < -0.3 is 25.8 Å². The smallest absolute Gasteiger partial charge is 0.408 e. The van der Waals surface area contributed by atoms with E-state index in [1.54, 1.807) is 32.9 Å². The number of rotatable bonds is 10. The summed E-state index contributed by atoms with van der Waals surface area (Å²) in [6.45, 7) is 4.92. The second kappa shape index (κ2) is 14.2. The molecule has 3 aromatic rings. The van der Waals surface area contributed by atoms with Gasteiger partial charge in [0.15, 0.2) is 27.3 Å². The van der Waals surface area contributed by atoms with Crippen LogP contribution >= 0.6 is 11.6 Å². The molecule has 3 aliphatic rings. The van der Waals surface area contributed by atoms with E-state index in [-0.39, 0.29) is 47.0 Å². The van der Waals surface area contributed by atoms with E-state index in [1.807, 2.05) is 18.2 Å². The average molecular weight is 736 g/mol. The Kier molecular flexibility index (Phi) is 10.6. The maximum Gasteiger partial charge on any atom is 0.408 e. The van der Waals surface area contributed by atoms with Gasteiger partial charge in [0.1, 0.15) is 11.6 Å². The van der Waals surface area contributed by atoms with E-state index in [1.165, 1.54) is 12.1 Å². The summed E-state index contributed by atoms with van der Waals surface area (Å²) in [6.07, 6.45) is 0.0146. The van der Waals surface area contributed by atoms with E-state index in [4.69, 9.17) is 16.3 Å². The van der Waals surface area contributed by atoms with Crippen molar-refractivity contribution >= 4 is 45.0 Å². The average Bonchev–Trinajstić information content (AvgIpc) is 3.05. The number of alkyl carbamates (subject to hydrolysis) is 1. The second-order valence-corrected chi connectivity index (χ2v) is 16.3. The molecule has 15 heteroatoms. The monoisotopic (exact) mass is 735 g/mol. The molecule has 50 heavy (non-hydrogen) atoms. The molecule has 10 nitrogen and oxygen atoms in total. The lowest BCUT2D eigenvalue weighted by Gasteiger charge is -2.58. The fraction of sp³-hybridized carbons (Fsp3) is 0.400. The molecule has 3 amide bonds. The Balaban J connectivity index is 1.25. The third-order valence-corrected chi connectivity index (χ3v) is 11.7. The van der Waals surface area contributed by atoms with Gasteiger partial charge in [0.05, 0.1) is 20.8 Å². The van der Waals surface area contributed by atoms with Gasteiger partial charge in [-0.05, 0) is 75.6 Å². The second-order valence-electron chi connectivity index (χ2n) is 13.7. The molecule has 0 saturated heterocycles. The Morgan fingerprint density at radius 2 is 1.60 bits per heavy atom. The summed E-state index contributed by atoms with van der Waals surface area (Å²) in [5, 5.41) is 18.0. The van der Waals surface area contributed by atoms with E-state index < -0.39 is 79.5 Å². The minimum absolute atomic E-state index is 0.0513. The normalized spacial score (nSPS) is 22.1. The number of halogens is 4. The highest BCUT2D eigenvalue weighted by Crippen LogP contribution is 2.55. The van der Waals surface area contributed by atoms with Crippen LogP contribution in [0.4, 0.5) is 23.7 Å². The molecule has 4 N–H and O–H groups in total. The zero-order valence-electron chi connectivity index (χ0n) is 27.4. The highest BCUT2D eigenvalue weighted by Gasteiger charge is 2.60. The van der Waals surface area contributed by atoms with Crippen molar-refractivity contribution in [1.82, 2.24) is 10.6 Å². The highest BCUT2D eigenvalue weighted by molar-refractivity contribution is 7.92. The van der Waals surface area contributed by atoms with Crippen LogP contribution < -0.4 is 16.0 Å². The van der Waals surface area contributed by atoms with Gasteiger partial charge in [-0.2, -0.15) is 0 Å². The summed E-state index contributed by atoms with van der Waals surface area (Å²) in [4.78, 5) is 38.4. The van der Waals surface area contributed by atoms with E-state index >= 15 is 0 Å². The molecular weight excluding hydrogens is 699 g/mol. The third kappa shape index (κ3) is 8.08. The van der Waals surface area contributed by atoms with Crippen LogP contribution in [-0.4, -0.2) is 60.5 Å². The first-order valence-corrected chi connectivity index (χ1v) is 17.8. The largest absolute Gasteiger partial charge is 0.444 e. The molecule has 0 spiro atoms. The number of nitrogens with one attached hydrogen (secondary N) is 3. The standard InChI is InChI=1S/C35H37ClF3N3O7S/c1-34(2,3)49-33(45)42-28(11-19-7-5-4-6-8-19)32(44)40-18-35(46)21-13-22(35)15-24(14-21)50(47,48)29-12-20(9-10-25(29)36)31(43)41-23-16-26(37)30(39)27(38)17-23/h4-10,12,16-17,21-22,24,28,46H,11,13-15,18H2,1-3H3,(H,40,44)(H,41,43)(H,42,45)/t21?,22?,24?,28-,35?/m0/s1. The van der Waals surface area contributed by atoms with Crippen LogP contribution in [0.25, 0.3) is 0 Å². The van der Waals surface area contributed by atoms with Gasteiger partial charge in [-0.1, -0.05) is 41.9 Å². The number of benzene rings is 3. The molecule has 2 unspecified atom stereocenters. The van der Waals surface area contributed by atoms with Gasteiger partial charge in [-0.25, -0.2) is 26.4 Å². The Morgan fingerprint density at radius 3 is 2.20 bits per heavy atom. The molecule has 3 atom stereocenters. The molecular formula is C35H37ClF3N3O7S. The van der Waals surface area contributed by atoms with Crippen molar-refractivity contribution in [3.05, 3.63) is 94.3 Å². The lowest BCUT2D eigenvalue weighted by Crippen LogP contribution is -2.67. The minimum atomic E-state index is -4.14. The quantitative estimate of drug-likeness (QED) is 0.199. The molecule has 0 radical (unpaired) electrons. The minimum Gasteiger partial charge on any atom is -0.444 e. The van der Waals surface area contributed by atoms with E-state index in [9.17, 15) is 41.1 Å². The van der Waals surface area contributed by atoms with Crippen LogP contribution in [0.1, 0.15) is 56.0 Å². The first kappa shape index (κ1) is 37.1. The Bertz CT molecular complexity index is 1870. The Labute approximate surface area is 292 Å². The molecule has 3 saturated carbocycles. The number of fused-ring (bicyclic) bond motifs is 2. The van der Waals surface area contributed by atoms with Crippen LogP contribution in [0.5, 0.6) is 0 Å². The SMILES string of the molecule is CC(C)(C)OC(=O)N[C@@H](Cc1ccccc1)C(=O)NCC1(O)C2CC1CC(S(=O)(=O)c1cc(C(=O)Nc3cc(F)c(F)c(F)c3)ccc1Cl)C2. The molecule has 3 fully saturated rings. The molecule has 268 valence electrons. The number of amides is 3. The topological polar surface area (TPSA) is 151 Å². The summed E-state index contributed by atoms with van der Waals surface area (Å²) < 4.78 is 73.6. The van der Waals surface area contributed by atoms with Gasteiger partial charge in [-0.3, -0.25) is 9.59 Å². The lowest BCUT2D eigenvalue weighted by molar-refractivity contribution is -0.174. The highest BCUT2D eigenvalue weighted by atomic mass is 35.5. The van der Waals surface area contributed by atoms with Crippen molar-refractivity contribution in [3.63, 3.8) is 0 Å². The van der Waals surface area contributed by atoms with Crippen molar-refractivity contribution < 1.29 is 45.8 Å². The van der Waals surface area contributed by atoms with E-state index in [0.717, 1.165) is 11.6 Å². The first-order chi connectivity index (χ1) is 23.4. The molecule has 3 aromatic carbocycles. The summed E-state index contributed by atoms with van der Waals surface area (Å²) in [5.74, 6) is -7.16. The predicted molar refractivity (Wildman–Crippen MR) is 179 cm³/mol. The number of hydrogen-bond donors (Lipinski definition) is 4. The van der Waals surface area contributed by atoms with Gasteiger partial charge in [-0.15, -0.1) is 0 Å². The third-order valence-electron chi connectivity index (χ3n) is 9.09. The fourth-order valence-electron chi connectivity index (χ4n) is 6.53. The fourth-order valence-corrected chi connectivity index (χ4v) is 8.93. The maximum atomic E-state index is 13.8. The van der Waals surface area contributed by atoms with E-state index in [2.05, 4.69) is 16.0 Å². The van der Waals surface area contributed by atoms with E-state index in [0.29, 0.717) is 18.6 Å². The summed E-state index contributed by atoms with van der Waals surface area (Å²) in [6, 6.07) is 12.7. The number of anilines is 1. The summed E-state index contributed by atoms with van der Waals surface area (Å²) in [5.41, 5.74) is -1.96. The maximum absolute atomic E-state index is 13.8. The first-order valence-electron chi connectivity index (χ1n) is 15.9. The van der Waals surface area contributed by atoms with Gasteiger partial charge in [0.25, 0.3) is 5.91 Å². The van der Waals surface area contributed by atoms with Crippen molar-refractivity contribution in [2.24, 2.45) is 11.8 Å². The number of sulfone groups is 1. The molecule has 0 heterocycles. The molecule has 6 rings (SSSR count). The van der Waals surface area contributed by atoms with Crippen LogP contribution in [0, 0.1) is 29.3 Å². The van der Waals surface area contributed by atoms with Crippen molar-refractivity contribution in [3.8, 4) is 0 Å². The number of carbonyl (C=O) groups excluding carboxylic acids is 3. The Hall–Kier alpha value is -4.14. The van der Waals surface area contributed by atoms with Gasteiger partial charge >= 0.3 is 6.09 Å². The zero-order chi connectivity index (χ0) is 36.6. The number of carbonyl (C=O) groups is 3. The predicted octanol–water partition coefficient (Wildman–Crippen LogP) is 5.57. The van der Waals surface area contributed by atoms with Crippen LogP contribution in [0.3, 0.4) is 0 Å². The van der Waals surface area contributed by atoms with Crippen molar-refractivity contribution in [2.75, 3.05) is 11.9 Å². The van der Waals surface area contributed by atoms with Crippen LogP contribution in [-0.2, 0) is 25.8 Å². The number of aliphatic hydroxyl groups is 1. The summed E-state index contributed by atoms with van der Waals surface area (Å²) >= 11 is 6.28. The van der Waals surface area contributed by atoms with Gasteiger partial charge in [0, 0.05) is 36.3 Å². The zero-order valence-corrected chi connectivity index (χ0v) is 29.0. The Morgan fingerprint density at radius 1 is 0.980 bits per heavy atom. The lowest BCUT2D eigenvalue weighted by atomic mass is 9.53. The van der Waals surface area contributed by atoms with Crippen molar-refractivity contribution in [1.29, 1.82) is 0 Å². The van der Waals surface area contributed by atoms with Crippen LogP contribution in [0.15, 0.2) is 65.6 Å². The number of hydrogen-bond acceptors (Lipinski definition) is 7. The molecule has 2 bridgehead atoms. The summed E-state index contributed by atoms with van der Waals surface area (Å²) in [7, 11) is -4.14. The number of ether oxygens (including phenoxy) is 1. The molecule has 0 aliphatic heterocycles. The van der Waals surface area contributed by atoms with Gasteiger partial charge in [0.2, 0.25) is 5.91 Å². The van der Waals surface area contributed by atoms with Crippen molar-refractivity contribution in [2.45, 2.75) is 73.8 Å². The molecule has 3 aliphatic carbocycles. The molecule has 0 aromatic heterocycles. The van der Waals surface area contributed by atoms with Crippen LogP contribution in [0.2, 0.25) is 5.02 Å².